The Bertz CT molecular complexity index is 729. The summed E-state index contributed by atoms with van der Waals surface area (Å²) in [7, 11) is 0. The Kier molecular flexibility index (Phi) is 6.71. The molecule has 2 saturated carbocycles. The quantitative estimate of drug-likeness (QED) is 0.519. The van der Waals surface area contributed by atoms with Gasteiger partial charge in [0, 0.05) is 5.41 Å². The molecule has 2 N–H and O–H groups in total. The van der Waals surface area contributed by atoms with Gasteiger partial charge >= 0.3 is 0 Å². The van der Waals surface area contributed by atoms with Crippen LogP contribution >= 0.6 is 0 Å². The van der Waals surface area contributed by atoms with Gasteiger partial charge in [-0.25, -0.2) is 0 Å². The Morgan fingerprint density at radius 2 is 1.17 bits per heavy atom. The van der Waals surface area contributed by atoms with E-state index in [9.17, 15) is 10.2 Å². The van der Waals surface area contributed by atoms with E-state index in [0.29, 0.717) is 11.5 Å². The number of benzene rings is 2. The monoisotopic (exact) mass is 406 g/mol. The van der Waals surface area contributed by atoms with Gasteiger partial charge in [0.1, 0.15) is 11.5 Å². The van der Waals surface area contributed by atoms with E-state index in [2.05, 4.69) is 31.2 Å². The number of hydrogen-bond donors (Lipinski definition) is 2. The predicted molar refractivity (Wildman–Crippen MR) is 124 cm³/mol. The highest BCUT2D eigenvalue weighted by atomic mass is 16.3. The van der Waals surface area contributed by atoms with E-state index in [-0.39, 0.29) is 5.41 Å². The summed E-state index contributed by atoms with van der Waals surface area (Å²) < 4.78 is 0. The largest absolute Gasteiger partial charge is 0.508 e. The van der Waals surface area contributed by atoms with Crippen molar-refractivity contribution >= 4 is 0 Å². The van der Waals surface area contributed by atoms with Gasteiger partial charge in [-0.15, -0.1) is 0 Å². The van der Waals surface area contributed by atoms with Crippen molar-refractivity contribution in [2.75, 3.05) is 0 Å². The number of phenolic OH excluding ortho intramolecular Hbond substituents is 2. The molecule has 0 spiro atoms. The molecule has 2 fully saturated rings. The maximum absolute atomic E-state index is 9.80. The molecule has 0 aromatic heterocycles. The van der Waals surface area contributed by atoms with Gasteiger partial charge in [0.2, 0.25) is 0 Å². The second-order valence-electron chi connectivity index (χ2n) is 9.94. The summed E-state index contributed by atoms with van der Waals surface area (Å²) in [6.45, 7) is 2.31. The highest BCUT2D eigenvalue weighted by Gasteiger charge is 2.40. The van der Waals surface area contributed by atoms with E-state index in [4.69, 9.17) is 0 Å². The van der Waals surface area contributed by atoms with Crippen molar-refractivity contribution < 1.29 is 10.2 Å². The van der Waals surface area contributed by atoms with Crippen molar-refractivity contribution in [1.29, 1.82) is 0 Å². The first-order valence-electron chi connectivity index (χ1n) is 12.2. The smallest absolute Gasteiger partial charge is 0.115 e. The highest BCUT2D eigenvalue weighted by Crippen LogP contribution is 2.50. The molecule has 0 saturated heterocycles. The number of unbranched alkanes of at least 4 members (excludes halogenated alkanes) is 1. The fraction of sp³-hybridized carbons (Fsp3) is 0.571. The van der Waals surface area contributed by atoms with Crippen LogP contribution < -0.4 is 0 Å². The standard InChI is InChI=1S/C28H38O2/c1-2-3-4-21-5-7-22(8-6-21)23-17-19-28(20-18-23,24-9-13-26(29)14-10-24)25-11-15-27(30)16-12-25/h9-16,21-23,29-30H,2-8,17-20H2,1H3/t21-,22-. The molecule has 0 heterocycles. The van der Waals surface area contributed by atoms with Crippen LogP contribution in [0.3, 0.4) is 0 Å². The molecule has 4 rings (SSSR count). The first-order chi connectivity index (χ1) is 14.6. The van der Waals surface area contributed by atoms with Crippen LogP contribution in [-0.2, 0) is 5.41 Å². The molecule has 0 bridgehead atoms. The second-order valence-corrected chi connectivity index (χ2v) is 9.94. The lowest BCUT2D eigenvalue weighted by Gasteiger charge is -2.44. The Balaban J connectivity index is 1.47. The fourth-order valence-electron chi connectivity index (χ4n) is 6.35. The Morgan fingerprint density at radius 3 is 1.63 bits per heavy atom. The van der Waals surface area contributed by atoms with Crippen LogP contribution in [0.25, 0.3) is 0 Å². The summed E-state index contributed by atoms with van der Waals surface area (Å²) in [5.41, 5.74) is 2.59. The van der Waals surface area contributed by atoms with E-state index >= 15 is 0 Å². The van der Waals surface area contributed by atoms with Gasteiger partial charge in [-0.3, -0.25) is 0 Å². The summed E-state index contributed by atoms with van der Waals surface area (Å²) in [4.78, 5) is 0. The van der Waals surface area contributed by atoms with Crippen LogP contribution in [0, 0.1) is 17.8 Å². The minimum atomic E-state index is -0.00374. The van der Waals surface area contributed by atoms with Gasteiger partial charge in [0.05, 0.1) is 0 Å². The zero-order valence-electron chi connectivity index (χ0n) is 18.5. The van der Waals surface area contributed by atoms with Crippen molar-refractivity contribution in [3.8, 4) is 11.5 Å². The molecule has 162 valence electrons. The van der Waals surface area contributed by atoms with Crippen molar-refractivity contribution in [3.05, 3.63) is 59.7 Å². The number of aromatic hydroxyl groups is 2. The lowest BCUT2D eigenvalue weighted by Crippen LogP contribution is -2.35. The lowest BCUT2D eigenvalue weighted by molar-refractivity contribution is 0.140. The van der Waals surface area contributed by atoms with Crippen molar-refractivity contribution in [2.24, 2.45) is 17.8 Å². The van der Waals surface area contributed by atoms with E-state index in [1.807, 2.05) is 24.3 Å². The number of hydrogen-bond acceptors (Lipinski definition) is 2. The average molecular weight is 407 g/mol. The third-order valence-corrected chi connectivity index (χ3v) is 8.25. The van der Waals surface area contributed by atoms with E-state index in [0.717, 1.165) is 30.6 Å². The van der Waals surface area contributed by atoms with Gasteiger partial charge in [-0.05, 0) is 91.7 Å². The maximum atomic E-state index is 9.80. The van der Waals surface area contributed by atoms with Crippen LogP contribution in [0.5, 0.6) is 11.5 Å². The molecular weight excluding hydrogens is 368 g/mol. The zero-order valence-corrected chi connectivity index (χ0v) is 18.5. The van der Waals surface area contributed by atoms with Gasteiger partial charge in [0.25, 0.3) is 0 Å². The van der Waals surface area contributed by atoms with Crippen LogP contribution in [0.15, 0.2) is 48.5 Å². The highest BCUT2D eigenvalue weighted by molar-refractivity contribution is 5.43. The molecule has 30 heavy (non-hydrogen) atoms. The third kappa shape index (κ3) is 4.53. The van der Waals surface area contributed by atoms with Gasteiger partial charge in [-0.1, -0.05) is 63.3 Å². The minimum absolute atomic E-state index is 0.00374. The summed E-state index contributed by atoms with van der Waals surface area (Å²) >= 11 is 0. The Morgan fingerprint density at radius 1 is 0.700 bits per heavy atom. The third-order valence-electron chi connectivity index (χ3n) is 8.25. The van der Waals surface area contributed by atoms with Gasteiger partial charge in [0.15, 0.2) is 0 Å². The fourth-order valence-corrected chi connectivity index (χ4v) is 6.35. The second kappa shape index (κ2) is 9.45. The van der Waals surface area contributed by atoms with Crippen molar-refractivity contribution in [3.63, 3.8) is 0 Å². The zero-order chi connectivity index (χ0) is 21.0. The Hall–Kier alpha value is -1.96. The maximum Gasteiger partial charge on any atom is 0.115 e. The Labute approximate surface area is 182 Å². The van der Waals surface area contributed by atoms with Crippen LogP contribution in [0.4, 0.5) is 0 Å². The molecule has 0 unspecified atom stereocenters. The topological polar surface area (TPSA) is 40.5 Å². The molecule has 0 amide bonds. The molecule has 0 atom stereocenters. The first kappa shape index (κ1) is 21.3. The SMILES string of the molecule is CCCC[C@H]1CC[C@H](C2CCC(c3ccc(O)cc3)(c3ccc(O)cc3)CC2)CC1. The minimum Gasteiger partial charge on any atom is -0.508 e. The molecule has 0 radical (unpaired) electrons. The normalized spacial score (nSPS) is 24.6. The molecule has 2 aliphatic rings. The summed E-state index contributed by atoms with van der Waals surface area (Å²) in [5, 5.41) is 19.6. The summed E-state index contributed by atoms with van der Waals surface area (Å²) in [6.07, 6.45) is 14.8. The summed E-state index contributed by atoms with van der Waals surface area (Å²) in [6, 6.07) is 15.7. The summed E-state index contributed by atoms with van der Waals surface area (Å²) in [5.74, 6) is 3.42. The molecule has 2 heteroatoms. The average Bonchev–Trinajstić information content (AvgIpc) is 2.79. The lowest BCUT2D eigenvalue weighted by atomic mass is 9.60. The van der Waals surface area contributed by atoms with E-state index in [1.165, 1.54) is 68.9 Å². The molecule has 2 aromatic rings. The predicted octanol–water partition coefficient (Wildman–Crippen LogP) is 7.57. The first-order valence-corrected chi connectivity index (χ1v) is 12.2. The van der Waals surface area contributed by atoms with Crippen LogP contribution in [0.1, 0.15) is 88.7 Å². The molecule has 0 aliphatic heterocycles. The molecule has 2 aliphatic carbocycles. The van der Waals surface area contributed by atoms with E-state index < -0.39 is 0 Å². The number of rotatable bonds is 6. The molecule has 2 aromatic carbocycles. The van der Waals surface area contributed by atoms with Crippen LogP contribution in [0.2, 0.25) is 0 Å². The van der Waals surface area contributed by atoms with Crippen molar-refractivity contribution in [1.82, 2.24) is 0 Å². The molecular formula is C28H38O2. The number of phenols is 2. The van der Waals surface area contributed by atoms with Crippen molar-refractivity contribution in [2.45, 2.75) is 83.0 Å². The van der Waals surface area contributed by atoms with Gasteiger partial charge < -0.3 is 10.2 Å². The van der Waals surface area contributed by atoms with E-state index in [1.54, 1.807) is 0 Å². The van der Waals surface area contributed by atoms with Gasteiger partial charge in [-0.2, -0.15) is 0 Å². The van der Waals surface area contributed by atoms with Crippen LogP contribution in [-0.4, -0.2) is 10.2 Å². The molecule has 2 nitrogen and oxygen atoms in total.